The van der Waals surface area contributed by atoms with Gasteiger partial charge in [-0.3, -0.25) is 4.99 Å². The summed E-state index contributed by atoms with van der Waals surface area (Å²) in [5, 5.41) is 6.73. The Hall–Kier alpha value is -1.70. The Morgan fingerprint density at radius 3 is 2.92 bits per heavy atom. The molecule has 0 spiro atoms. The lowest BCUT2D eigenvalue weighted by Gasteiger charge is -2.21. The van der Waals surface area contributed by atoms with Crippen LogP contribution in [0.2, 0.25) is 5.02 Å². The third-order valence-corrected chi connectivity index (χ3v) is 5.34. The molecule has 0 radical (unpaired) electrons. The summed E-state index contributed by atoms with van der Waals surface area (Å²) in [6.45, 7) is 3.27. The fraction of sp³-hybridized carbons (Fsp3) is 0.444. The normalized spacial score (nSPS) is 12.9. The van der Waals surface area contributed by atoms with Crippen molar-refractivity contribution < 1.29 is 9.13 Å². The molecule has 0 fully saturated rings. The van der Waals surface area contributed by atoms with Crippen LogP contribution >= 0.6 is 22.9 Å². The summed E-state index contributed by atoms with van der Waals surface area (Å²) < 4.78 is 18.4. The Labute approximate surface area is 162 Å². The fourth-order valence-corrected chi connectivity index (χ4v) is 3.52. The van der Waals surface area contributed by atoms with E-state index in [0.717, 1.165) is 22.2 Å². The van der Waals surface area contributed by atoms with E-state index in [4.69, 9.17) is 16.3 Å². The molecule has 0 aliphatic rings. The zero-order valence-corrected chi connectivity index (χ0v) is 17.0. The number of rotatable bonds is 7. The van der Waals surface area contributed by atoms with Crippen molar-refractivity contribution in [3.8, 4) is 0 Å². The predicted molar refractivity (Wildman–Crippen MR) is 105 cm³/mol. The monoisotopic (exact) mass is 398 g/mol. The van der Waals surface area contributed by atoms with Crippen molar-refractivity contribution in [3.63, 3.8) is 0 Å². The molecule has 2 aromatic rings. The van der Waals surface area contributed by atoms with E-state index in [0.29, 0.717) is 24.5 Å². The van der Waals surface area contributed by atoms with Crippen LogP contribution in [0.1, 0.15) is 29.3 Å². The molecule has 8 heteroatoms. The molecule has 26 heavy (non-hydrogen) atoms. The van der Waals surface area contributed by atoms with Crippen molar-refractivity contribution in [2.24, 2.45) is 4.99 Å². The van der Waals surface area contributed by atoms with Gasteiger partial charge in [0.05, 0.1) is 12.2 Å². The maximum atomic E-state index is 13.1. The molecule has 1 atom stereocenters. The molecule has 0 amide bonds. The molecule has 1 aromatic heterocycles. The van der Waals surface area contributed by atoms with Gasteiger partial charge in [0.1, 0.15) is 16.9 Å². The van der Waals surface area contributed by atoms with E-state index >= 15 is 0 Å². The van der Waals surface area contributed by atoms with Crippen LogP contribution in [0.3, 0.4) is 0 Å². The molecule has 1 heterocycles. The van der Waals surface area contributed by atoms with Gasteiger partial charge >= 0.3 is 0 Å². The molecule has 1 aromatic carbocycles. The predicted octanol–water partition coefficient (Wildman–Crippen LogP) is 3.89. The lowest BCUT2D eigenvalue weighted by molar-refractivity contribution is 0.119. The average Bonchev–Trinajstić information content (AvgIpc) is 3.08. The summed E-state index contributed by atoms with van der Waals surface area (Å²) in [5.41, 5.74) is 1.87. The number of benzene rings is 1. The summed E-state index contributed by atoms with van der Waals surface area (Å²) in [6.07, 6.45) is 0.676. The Morgan fingerprint density at radius 2 is 2.27 bits per heavy atom. The summed E-state index contributed by atoms with van der Waals surface area (Å²) in [7, 11) is 5.37. The van der Waals surface area contributed by atoms with E-state index in [-0.39, 0.29) is 11.9 Å². The summed E-state index contributed by atoms with van der Waals surface area (Å²) in [6, 6.07) is 4.46. The molecule has 0 aliphatic carbocycles. The molecular formula is C18H24ClFN4OS. The summed E-state index contributed by atoms with van der Waals surface area (Å²) in [4.78, 5) is 10.9. The standard InChI is InChI=1S/C18H24ClFN4OS/c1-12(25-4)17-23-15(11-26-17)10-24(3)18(21-2)22-8-7-13-5-6-14(20)9-16(13)19/h5-6,9,11-12H,7-8,10H2,1-4H3,(H,21,22). The molecule has 142 valence electrons. The Morgan fingerprint density at radius 1 is 1.50 bits per heavy atom. The van der Waals surface area contributed by atoms with Crippen LogP contribution in [0.15, 0.2) is 28.6 Å². The van der Waals surface area contributed by atoms with Gasteiger partial charge in [-0.2, -0.15) is 0 Å². The molecule has 1 N–H and O–H groups in total. The summed E-state index contributed by atoms with van der Waals surface area (Å²) in [5.74, 6) is 0.435. The van der Waals surface area contributed by atoms with Gasteiger partial charge < -0.3 is 15.0 Å². The smallest absolute Gasteiger partial charge is 0.193 e. The highest BCUT2D eigenvalue weighted by molar-refractivity contribution is 7.09. The van der Waals surface area contributed by atoms with Gasteiger partial charge in [0, 0.05) is 38.2 Å². The average molecular weight is 399 g/mol. The van der Waals surface area contributed by atoms with Crippen LogP contribution in [0, 0.1) is 5.82 Å². The minimum Gasteiger partial charge on any atom is -0.375 e. The van der Waals surface area contributed by atoms with E-state index in [1.54, 1.807) is 31.6 Å². The first-order chi connectivity index (χ1) is 12.4. The summed E-state index contributed by atoms with van der Waals surface area (Å²) >= 11 is 7.66. The maximum absolute atomic E-state index is 13.1. The molecule has 0 saturated carbocycles. The van der Waals surface area contributed by atoms with Crippen molar-refractivity contribution >= 4 is 28.9 Å². The maximum Gasteiger partial charge on any atom is 0.193 e. The largest absolute Gasteiger partial charge is 0.375 e. The van der Waals surface area contributed by atoms with E-state index < -0.39 is 0 Å². The van der Waals surface area contributed by atoms with Crippen LogP contribution in [-0.2, 0) is 17.7 Å². The number of hydrogen-bond donors (Lipinski definition) is 1. The second kappa shape index (κ2) is 9.85. The number of halogens is 2. The third kappa shape index (κ3) is 5.65. The second-order valence-electron chi connectivity index (χ2n) is 5.87. The van der Waals surface area contributed by atoms with Crippen LogP contribution in [0.4, 0.5) is 4.39 Å². The van der Waals surface area contributed by atoms with Crippen molar-refractivity contribution in [2.45, 2.75) is 26.0 Å². The van der Waals surface area contributed by atoms with Gasteiger partial charge in [-0.25, -0.2) is 9.37 Å². The number of aliphatic imine (C=N–C) groups is 1. The van der Waals surface area contributed by atoms with Crippen molar-refractivity contribution in [2.75, 3.05) is 27.7 Å². The van der Waals surface area contributed by atoms with Crippen molar-refractivity contribution in [3.05, 3.63) is 50.7 Å². The van der Waals surface area contributed by atoms with E-state index in [1.165, 1.54) is 12.1 Å². The van der Waals surface area contributed by atoms with Crippen molar-refractivity contribution in [1.29, 1.82) is 0 Å². The third-order valence-electron chi connectivity index (χ3n) is 3.94. The van der Waals surface area contributed by atoms with E-state index in [9.17, 15) is 4.39 Å². The fourth-order valence-electron chi connectivity index (χ4n) is 2.42. The number of nitrogens with one attached hydrogen (secondary N) is 1. The lowest BCUT2D eigenvalue weighted by atomic mass is 10.1. The van der Waals surface area contributed by atoms with Gasteiger partial charge in [0.15, 0.2) is 5.96 Å². The zero-order valence-electron chi connectivity index (χ0n) is 15.4. The minimum atomic E-state index is -0.326. The van der Waals surface area contributed by atoms with Gasteiger partial charge in [0.25, 0.3) is 0 Å². The second-order valence-corrected chi connectivity index (χ2v) is 7.17. The lowest BCUT2D eigenvalue weighted by Crippen LogP contribution is -2.39. The SMILES string of the molecule is CN=C(NCCc1ccc(F)cc1Cl)N(C)Cc1csc(C(C)OC)n1. The van der Waals surface area contributed by atoms with Crippen LogP contribution < -0.4 is 5.32 Å². The van der Waals surface area contributed by atoms with E-state index in [2.05, 4.69) is 15.3 Å². The molecule has 1 unspecified atom stereocenters. The van der Waals surface area contributed by atoms with Crippen LogP contribution in [0.5, 0.6) is 0 Å². The first kappa shape index (κ1) is 20.6. The highest BCUT2D eigenvalue weighted by Crippen LogP contribution is 2.21. The number of guanidine groups is 1. The molecule has 0 bridgehead atoms. The molecule has 0 saturated heterocycles. The Bertz CT molecular complexity index is 753. The molecule has 0 aliphatic heterocycles. The number of hydrogen-bond acceptors (Lipinski definition) is 4. The highest BCUT2D eigenvalue weighted by Gasteiger charge is 2.12. The van der Waals surface area contributed by atoms with Gasteiger partial charge in [0.2, 0.25) is 0 Å². The first-order valence-corrected chi connectivity index (χ1v) is 9.53. The molecular weight excluding hydrogens is 375 g/mol. The molecule has 5 nitrogen and oxygen atoms in total. The first-order valence-electron chi connectivity index (χ1n) is 8.27. The van der Waals surface area contributed by atoms with Gasteiger partial charge in [-0.05, 0) is 31.0 Å². The Balaban J connectivity index is 1.88. The molecule has 2 rings (SSSR count). The quantitative estimate of drug-likeness (QED) is 0.567. The van der Waals surface area contributed by atoms with Crippen molar-refractivity contribution in [1.82, 2.24) is 15.2 Å². The van der Waals surface area contributed by atoms with Crippen LogP contribution in [-0.4, -0.2) is 43.6 Å². The number of aromatic nitrogens is 1. The van der Waals surface area contributed by atoms with Gasteiger partial charge in [-0.15, -0.1) is 11.3 Å². The minimum absolute atomic E-state index is 0.00282. The topological polar surface area (TPSA) is 49.8 Å². The van der Waals surface area contributed by atoms with E-state index in [1.807, 2.05) is 24.3 Å². The number of thiazole rings is 1. The highest BCUT2D eigenvalue weighted by atomic mass is 35.5. The number of ether oxygens (including phenoxy) is 1. The van der Waals surface area contributed by atoms with Crippen LogP contribution in [0.25, 0.3) is 0 Å². The van der Waals surface area contributed by atoms with Gasteiger partial charge in [-0.1, -0.05) is 17.7 Å². The number of methoxy groups -OCH3 is 1. The zero-order chi connectivity index (χ0) is 19.1. The Kier molecular flexibility index (Phi) is 7.81. The number of nitrogens with zero attached hydrogens (tertiary/aromatic N) is 3.